The molecule has 0 spiro atoms. The van der Waals surface area contributed by atoms with Gasteiger partial charge in [-0.1, -0.05) is 54.1 Å². The van der Waals surface area contributed by atoms with Crippen LogP contribution in [0.2, 0.25) is 0 Å². The number of pyridine rings is 1. The van der Waals surface area contributed by atoms with Gasteiger partial charge in [-0.3, -0.25) is 4.79 Å². The van der Waals surface area contributed by atoms with E-state index in [0.717, 1.165) is 40.3 Å². The van der Waals surface area contributed by atoms with Crippen LogP contribution in [-0.2, 0) is 17.5 Å². The summed E-state index contributed by atoms with van der Waals surface area (Å²) < 4.78 is 49.0. The van der Waals surface area contributed by atoms with Crippen LogP contribution in [0.4, 0.5) is 18.9 Å². The average Bonchev–Trinajstić information content (AvgIpc) is 3.44. The minimum absolute atomic E-state index is 0.00633. The number of ether oxygens (including phenoxy) is 1. The molecule has 1 N–H and O–H groups in total. The number of carbonyl (C=O) groups is 1. The fourth-order valence-corrected chi connectivity index (χ4v) is 5.45. The van der Waals surface area contributed by atoms with E-state index in [1.807, 2.05) is 75.3 Å². The normalized spacial score (nSPS) is 11.6. The van der Waals surface area contributed by atoms with Crippen LogP contribution in [0.25, 0.3) is 38.1 Å². The minimum atomic E-state index is -4.89. The molecule has 2 heterocycles. The van der Waals surface area contributed by atoms with E-state index in [4.69, 9.17) is 11.3 Å². The van der Waals surface area contributed by atoms with Crippen LogP contribution >= 0.6 is 0 Å². The highest BCUT2D eigenvalue weighted by Crippen LogP contribution is 2.38. The lowest BCUT2D eigenvalue weighted by Crippen LogP contribution is -2.25. The third-order valence-corrected chi connectivity index (χ3v) is 7.84. The topological polar surface area (TPSA) is 71.7 Å². The van der Waals surface area contributed by atoms with Gasteiger partial charge in [0, 0.05) is 23.1 Å². The zero-order valence-electron chi connectivity index (χ0n) is 26.0. The molecular weight excluding hydrogens is 593 g/mol. The number of hydrogen-bond acceptors (Lipinski definition) is 4. The quantitative estimate of drug-likeness (QED) is 0.102. The summed E-state index contributed by atoms with van der Waals surface area (Å²) in [5, 5.41) is 0.798. The van der Waals surface area contributed by atoms with Crippen LogP contribution in [0, 0.1) is 20.4 Å². The Hall–Kier alpha value is -5.14. The lowest BCUT2D eigenvalue weighted by atomic mass is 9.99. The molecule has 0 bridgehead atoms. The van der Waals surface area contributed by atoms with Crippen molar-refractivity contribution in [2.24, 2.45) is 0 Å². The van der Waals surface area contributed by atoms with Crippen LogP contribution in [0.5, 0.6) is 0 Å². The Morgan fingerprint density at radius 1 is 0.978 bits per heavy atom. The fraction of sp³-hybridized carbons (Fsp3) is 0.250. The van der Waals surface area contributed by atoms with E-state index in [1.54, 1.807) is 24.3 Å². The number of fused-ring (bicyclic) bond motifs is 1. The lowest BCUT2D eigenvalue weighted by Gasteiger charge is -2.19. The number of aromatic nitrogens is 2. The van der Waals surface area contributed by atoms with Gasteiger partial charge < -0.3 is 19.2 Å². The largest absolute Gasteiger partial charge is 0.461 e. The second-order valence-corrected chi connectivity index (χ2v) is 11.6. The molecule has 0 atom stereocenters. The summed E-state index contributed by atoms with van der Waals surface area (Å²) in [7, 11) is 3.89. The van der Waals surface area contributed by atoms with Crippen molar-refractivity contribution >= 4 is 22.6 Å². The van der Waals surface area contributed by atoms with Crippen molar-refractivity contribution in [1.82, 2.24) is 14.5 Å². The van der Waals surface area contributed by atoms with E-state index in [-0.39, 0.29) is 12.2 Å². The number of aromatic amines is 1. The molecule has 0 saturated heterocycles. The van der Waals surface area contributed by atoms with Crippen molar-refractivity contribution in [3.63, 3.8) is 0 Å². The summed E-state index contributed by atoms with van der Waals surface area (Å²) in [5.41, 5.74) is 2.31. The molecule has 5 aromatic rings. The fourth-order valence-electron chi connectivity index (χ4n) is 5.45. The molecule has 0 aliphatic heterocycles. The van der Waals surface area contributed by atoms with Crippen molar-refractivity contribution in [1.29, 1.82) is 0 Å². The van der Waals surface area contributed by atoms with Gasteiger partial charge in [0.2, 0.25) is 0 Å². The summed E-state index contributed by atoms with van der Waals surface area (Å²) >= 11 is 0. The van der Waals surface area contributed by atoms with E-state index in [0.29, 0.717) is 35.4 Å². The highest BCUT2D eigenvalue weighted by molar-refractivity contribution is 5.96. The van der Waals surface area contributed by atoms with Gasteiger partial charge in [0.1, 0.15) is 5.69 Å². The van der Waals surface area contributed by atoms with E-state index in [2.05, 4.69) is 9.83 Å². The summed E-state index contributed by atoms with van der Waals surface area (Å²) in [6.07, 6.45) is -4.18. The Kier molecular flexibility index (Phi) is 9.17. The molecule has 10 heteroatoms. The van der Waals surface area contributed by atoms with Crippen LogP contribution in [0.15, 0.2) is 77.6 Å². The first-order valence-electron chi connectivity index (χ1n) is 14.7. The molecule has 0 aliphatic rings. The third-order valence-electron chi connectivity index (χ3n) is 7.84. The van der Waals surface area contributed by atoms with Gasteiger partial charge in [-0.25, -0.2) is 9.64 Å². The summed E-state index contributed by atoms with van der Waals surface area (Å²) in [4.78, 5) is 34.2. The molecule has 46 heavy (non-hydrogen) atoms. The van der Waals surface area contributed by atoms with Crippen LogP contribution in [-0.4, -0.2) is 47.7 Å². The molecule has 0 fully saturated rings. The van der Waals surface area contributed by atoms with Crippen LogP contribution < -0.4 is 5.56 Å². The van der Waals surface area contributed by atoms with Crippen molar-refractivity contribution in [3.05, 3.63) is 123 Å². The maximum absolute atomic E-state index is 14.1. The van der Waals surface area contributed by atoms with Crippen LogP contribution in [0.3, 0.4) is 0 Å². The molecule has 3 aromatic carbocycles. The standard InChI is InChI=1S/C36H33F3N4O3/c1-22-10-11-28(23(2)16-22)21-43-32(20-29(36(37,38)39)33(40-3)34(43)44)27-9-6-8-24(17-27)25-12-13-26-19-31(41-30(26)18-25)35(45)46-15-7-14-42(4)5/h6,8-13,16-20,41H,7,14-15,21H2,1-2,4-5H3. The van der Waals surface area contributed by atoms with E-state index in [1.165, 1.54) is 4.57 Å². The average molecular weight is 627 g/mol. The van der Waals surface area contributed by atoms with E-state index < -0.39 is 29.0 Å². The Labute approximate surface area is 264 Å². The van der Waals surface area contributed by atoms with Gasteiger partial charge in [-0.15, -0.1) is 0 Å². The summed E-state index contributed by atoms with van der Waals surface area (Å²) in [6.45, 7) is 12.3. The molecule has 0 radical (unpaired) electrons. The molecule has 7 nitrogen and oxygen atoms in total. The van der Waals surface area contributed by atoms with E-state index >= 15 is 0 Å². The number of carbonyl (C=O) groups excluding carboxylic acids is 1. The highest BCUT2D eigenvalue weighted by Gasteiger charge is 2.36. The highest BCUT2D eigenvalue weighted by atomic mass is 19.4. The van der Waals surface area contributed by atoms with Crippen molar-refractivity contribution < 1.29 is 22.7 Å². The number of nitrogens with one attached hydrogen (secondary N) is 1. The Balaban J connectivity index is 1.55. The number of nitrogens with zero attached hydrogens (tertiary/aromatic N) is 3. The monoisotopic (exact) mass is 626 g/mol. The van der Waals surface area contributed by atoms with Gasteiger partial charge >= 0.3 is 12.1 Å². The van der Waals surface area contributed by atoms with Gasteiger partial charge in [-0.05, 0) is 86.4 Å². The third kappa shape index (κ3) is 6.90. The predicted octanol–water partition coefficient (Wildman–Crippen LogP) is 8.01. The number of benzene rings is 3. The summed E-state index contributed by atoms with van der Waals surface area (Å²) in [5.74, 6) is -0.455. The first-order chi connectivity index (χ1) is 21.8. The zero-order chi connectivity index (χ0) is 33.2. The lowest BCUT2D eigenvalue weighted by molar-refractivity contribution is -0.136. The molecular formula is C36H33F3N4O3. The Morgan fingerprint density at radius 3 is 2.41 bits per heavy atom. The number of esters is 1. The number of aryl methyl sites for hydroxylation is 2. The molecule has 236 valence electrons. The second kappa shape index (κ2) is 13.1. The SMILES string of the molecule is [C-]#[N+]c1c(C(F)(F)F)cc(-c2cccc(-c3ccc4cc(C(=O)OCCCN(C)C)[nH]c4c3)c2)n(Cc2ccc(C)cc2C)c1=O. The van der Waals surface area contributed by atoms with Gasteiger partial charge in [0.15, 0.2) is 0 Å². The zero-order valence-corrected chi connectivity index (χ0v) is 26.0. The number of alkyl halides is 3. The number of halogens is 3. The van der Waals surface area contributed by atoms with Gasteiger partial charge in [-0.2, -0.15) is 13.2 Å². The first-order valence-corrected chi connectivity index (χ1v) is 14.7. The molecule has 0 amide bonds. The van der Waals surface area contributed by atoms with Gasteiger partial charge in [0.05, 0.1) is 25.3 Å². The number of hydrogen-bond donors (Lipinski definition) is 1. The number of H-pyrrole nitrogens is 1. The smallest absolute Gasteiger partial charge is 0.407 e. The van der Waals surface area contributed by atoms with Crippen molar-refractivity contribution in [2.45, 2.75) is 33.0 Å². The Bertz CT molecular complexity index is 2030. The predicted molar refractivity (Wildman–Crippen MR) is 173 cm³/mol. The van der Waals surface area contributed by atoms with Crippen LogP contribution in [0.1, 0.15) is 39.2 Å². The molecule has 2 aromatic heterocycles. The minimum Gasteiger partial charge on any atom is -0.461 e. The van der Waals surface area contributed by atoms with Crippen molar-refractivity contribution in [3.8, 4) is 22.4 Å². The maximum Gasteiger partial charge on any atom is 0.407 e. The molecule has 5 rings (SSSR count). The van der Waals surface area contributed by atoms with Crippen molar-refractivity contribution in [2.75, 3.05) is 27.2 Å². The molecule has 0 aliphatic carbocycles. The number of rotatable bonds is 9. The second-order valence-electron chi connectivity index (χ2n) is 11.6. The Morgan fingerprint density at radius 2 is 1.72 bits per heavy atom. The van der Waals surface area contributed by atoms with E-state index in [9.17, 15) is 22.8 Å². The molecule has 0 saturated carbocycles. The van der Waals surface area contributed by atoms with Gasteiger partial charge in [0.25, 0.3) is 11.2 Å². The summed E-state index contributed by atoms with van der Waals surface area (Å²) in [6, 6.07) is 20.7. The molecule has 0 unspecified atom stereocenters. The maximum atomic E-state index is 14.1. The first kappa shape index (κ1) is 32.3.